The highest BCUT2D eigenvalue weighted by molar-refractivity contribution is 7.99. The Morgan fingerprint density at radius 2 is 2.05 bits per heavy atom. The predicted octanol–water partition coefficient (Wildman–Crippen LogP) is 3.82. The summed E-state index contributed by atoms with van der Waals surface area (Å²) in [7, 11) is 0. The molecule has 3 aromatic rings. The second kappa shape index (κ2) is 4.97. The van der Waals surface area contributed by atoms with Crippen LogP contribution in [0.25, 0.3) is 11.1 Å². The number of carboxylic acid groups (broad SMARTS) is 1. The van der Waals surface area contributed by atoms with Crippen LogP contribution in [0.5, 0.6) is 0 Å². The summed E-state index contributed by atoms with van der Waals surface area (Å²) in [6.07, 6.45) is 0. The molecule has 0 saturated heterocycles. The Morgan fingerprint density at radius 3 is 2.80 bits per heavy atom. The first kappa shape index (κ1) is 12.7. The average Bonchev–Trinajstić information content (AvgIpc) is 2.82. The Balaban J connectivity index is 1.94. The van der Waals surface area contributed by atoms with Crippen LogP contribution in [-0.4, -0.2) is 16.1 Å². The number of aromatic nitrogens is 1. The minimum atomic E-state index is -1.30. The van der Waals surface area contributed by atoms with Gasteiger partial charge in [-0.15, -0.1) is 0 Å². The molecule has 1 heterocycles. The number of nitrogens with zero attached hydrogens (tertiary/aromatic N) is 1. The van der Waals surface area contributed by atoms with E-state index in [9.17, 15) is 9.18 Å². The second-order valence-electron chi connectivity index (χ2n) is 4.00. The Bertz CT molecular complexity index is 767. The minimum absolute atomic E-state index is 0.369. The first-order chi connectivity index (χ1) is 9.63. The van der Waals surface area contributed by atoms with Crippen LogP contribution in [0.2, 0.25) is 0 Å². The van der Waals surface area contributed by atoms with Gasteiger partial charge in [0.1, 0.15) is 11.3 Å². The molecule has 6 heteroatoms. The summed E-state index contributed by atoms with van der Waals surface area (Å²) < 4.78 is 18.8. The van der Waals surface area contributed by atoms with E-state index in [4.69, 9.17) is 9.52 Å². The monoisotopic (exact) mass is 289 g/mol. The van der Waals surface area contributed by atoms with E-state index in [1.165, 1.54) is 12.1 Å². The number of rotatable bonds is 3. The third-order valence-electron chi connectivity index (χ3n) is 2.65. The number of carboxylic acids is 1. The first-order valence-electron chi connectivity index (χ1n) is 5.70. The van der Waals surface area contributed by atoms with Gasteiger partial charge in [0.25, 0.3) is 5.22 Å². The predicted molar refractivity (Wildman–Crippen MR) is 71.5 cm³/mol. The van der Waals surface area contributed by atoms with Gasteiger partial charge in [-0.3, -0.25) is 0 Å². The van der Waals surface area contributed by atoms with Crippen molar-refractivity contribution in [3.8, 4) is 0 Å². The molecule has 0 bridgehead atoms. The van der Waals surface area contributed by atoms with E-state index in [2.05, 4.69) is 4.98 Å². The zero-order chi connectivity index (χ0) is 14.1. The van der Waals surface area contributed by atoms with Crippen molar-refractivity contribution in [1.82, 2.24) is 4.98 Å². The standard InChI is InChI=1S/C14H8FNO3S/c15-10-6-5-8(7-9(10)13(17)18)20-14-16-11-3-1-2-4-12(11)19-14/h1-7H,(H,17,18). The van der Waals surface area contributed by atoms with Crippen LogP contribution in [0.15, 0.2) is 57.0 Å². The van der Waals surface area contributed by atoms with Gasteiger partial charge in [0.15, 0.2) is 5.58 Å². The number of carbonyl (C=O) groups is 1. The summed E-state index contributed by atoms with van der Waals surface area (Å²) in [6, 6.07) is 11.2. The van der Waals surface area contributed by atoms with Gasteiger partial charge in [0.05, 0.1) is 5.56 Å². The van der Waals surface area contributed by atoms with Crippen molar-refractivity contribution in [3.63, 3.8) is 0 Å². The zero-order valence-electron chi connectivity index (χ0n) is 10.0. The minimum Gasteiger partial charge on any atom is -0.478 e. The molecule has 0 aliphatic rings. The van der Waals surface area contributed by atoms with E-state index >= 15 is 0 Å². The SMILES string of the molecule is O=C(O)c1cc(Sc2nc3ccccc3o2)ccc1F. The highest BCUT2D eigenvalue weighted by Crippen LogP contribution is 2.30. The van der Waals surface area contributed by atoms with Crippen molar-refractivity contribution < 1.29 is 18.7 Å². The molecular formula is C14H8FNO3S. The molecule has 2 aromatic carbocycles. The van der Waals surface area contributed by atoms with E-state index in [-0.39, 0.29) is 5.56 Å². The first-order valence-corrected chi connectivity index (χ1v) is 6.51. The maximum atomic E-state index is 13.3. The van der Waals surface area contributed by atoms with Crippen molar-refractivity contribution in [2.75, 3.05) is 0 Å². The van der Waals surface area contributed by atoms with Crippen molar-refractivity contribution in [1.29, 1.82) is 0 Å². The van der Waals surface area contributed by atoms with Crippen LogP contribution < -0.4 is 0 Å². The van der Waals surface area contributed by atoms with Crippen molar-refractivity contribution in [3.05, 3.63) is 53.8 Å². The Kier molecular flexibility index (Phi) is 3.15. The molecule has 20 heavy (non-hydrogen) atoms. The summed E-state index contributed by atoms with van der Waals surface area (Å²) in [5, 5.41) is 9.27. The number of aromatic carboxylic acids is 1. The number of benzene rings is 2. The fourth-order valence-electron chi connectivity index (χ4n) is 1.73. The normalized spacial score (nSPS) is 10.8. The van der Waals surface area contributed by atoms with Gasteiger partial charge >= 0.3 is 5.97 Å². The maximum Gasteiger partial charge on any atom is 0.338 e. The fourth-order valence-corrected chi connectivity index (χ4v) is 2.52. The molecule has 3 rings (SSSR count). The van der Waals surface area contributed by atoms with Crippen molar-refractivity contribution in [2.45, 2.75) is 10.1 Å². The molecule has 0 aliphatic heterocycles. The molecule has 0 saturated carbocycles. The Morgan fingerprint density at radius 1 is 1.25 bits per heavy atom. The molecule has 0 radical (unpaired) electrons. The largest absolute Gasteiger partial charge is 0.478 e. The fraction of sp³-hybridized carbons (Fsp3) is 0. The van der Waals surface area contributed by atoms with E-state index in [0.29, 0.717) is 15.7 Å². The van der Waals surface area contributed by atoms with Crippen LogP contribution in [0.1, 0.15) is 10.4 Å². The highest BCUT2D eigenvalue weighted by Gasteiger charge is 2.13. The number of hydrogen-bond donors (Lipinski definition) is 1. The van der Waals surface area contributed by atoms with Crippen LogP contribution in [0, 0.1) is 5.82 Å². The molecule has 4 nitrogen and oxygen atoms in total. The number of oxazole rings is 1. The van der Waals surface area contributed by atoms with Gasteiger partial charge in [-0.05, 0) is 42.1 Å². The number of para-hydroxylation sites is 2. The lowest BCUT2D eigenvalue weighted by atomic mass is 10.2. The van der Waals surface area contributed by atoms with E-state index in [1.807, 2.05) is 18.2 Å². The molecule has 0 amide bonds. The number of halogens is 1. The zero-order valence-corrected chi connectivity index (χ0v) is 10.9. The molecule has 0 aliphatic carbocycles. The topological polar surface area (TPSA) is 63.3 Å². The van der Waals surface area contributed by atoms with Gasteiger partial charge in [0, 0.05) is 4.90 Å². The second-order valence-corrected chi connectivity index (χ2v) is 5.02. The van der Waals surface area contributed by atoms with Crippen molar-refractivity contribution >= 4 is 28.8 Å². The van der Waals surface area contributed by atoms with Gasteiger partial charge in [-0.25, -0.2) is 14.2 Å². The molecule has 0 spiro atoms. The lowest BCUT2D eigenvalue weighted by Gasteiger charge is -2.00. The summed E-state index contributed by atoms with van der Waals surface area (Å²) in [6.45, 7) is 0. The molecular weight excluding hydrogens is 281 g/mol. The molecule has 1 aromatic heterocycles. The maximum absolute atomic E-state index is 13.3. The van der Waals surface area contributed by atoms with Crippen LogP contribution in [0.4, 0.5) is 4.39 Å². The summed E-state index contributed by atoms with van der Waals surface area (Å²) in [4.78, 5) is 15.7. The van der Waals surface area contributed by atoms with Crippen molar-refractivity contribution in [2.24, 2.45) is 0 Å². The third-order valence-corrected chi connectivity index (χ3v) is 3.49. The summed E-state index contributed by atoms with van der Waals surface area (Å²) in [5.41, 5.74) is 0.997. The van der Waals surface area contributed by atoms with Gasteiger partial charge in [-0.2, -0.15) is 0 Å². The third kappa shape index (κ3) is 2.37. The molecule has 0 fully saturated rings. The highest BCUT2D eigenvalue weighted by atomic mass is 32.2. The lowest BCUT2D eigenvalue weighted by molar-refractivity contribution is 0.0691. The summed E-state index contributed by atoms with van der Waals surface area (Å²) >= 11 is 1.15. The molecule has 0 unspecified atom stereocenters. The van der Waals surface area contributed by atoms with Crippen LogP contribution in [0.3, 0.4) is 0 Å². The molecule has 100 valence electrons. The summed E-state index contributed by atoms with van der Waals surface area (Å²) in [5.74, 6) is -2.07. The quantitative estimate of drug-likeness (QED) is 0.794. The van der Waals surface area contributed by atoms with E-state index in [1.54, 1.807) is 6.07 Å². The van der Waals surface area contributed by atoms with Crippen LogP contribution >= 0.6 is 11.8 Å². The van der Waals surface area contributed by atoms with Crippen LogP contribution in [-0.2, 0) is 0 Å². The van der Waals surface area contributed by atoms with E-state index < -0.39 is 11.8 Å². The smallest absolute Gasteiger partial charge is 0.338 e. The lowest BCUT2D eigenvalue weighted by Crippen LogP contribution is -2.00. The number of hydrogen-bond acceptors (Lipinski definition) is 4. The number of fused-ring (bicyclic) bond motifs is 1. The molecule has 0 atom stereocenters. The Labute approximate surface area is 117 Å². The molecule has 1 N–H and O–H groups in total. The van der Waals surface area contributed by atoms with Gasteiger partial charge in [-0.1, -0.05) is 12.1 Å². The Hall–Kier alpha value is -2.34. The van der Waals surface area contributed by atoms with Gasteiger partial charge in [0.2, 0.25) is 0 Å². The van der Waals surface area contributed by atoms with E-state index in [0.717, 1.165) is 23.3 Å². The average molecular weight is 289 g/mol. The van der Waals surface area contributed by atoms with Gasteiger partial charge < -0.3 is 9.52 Å².